The molecule has 0 heterocycles. The molecular formula is C18H27NO4. The Kier molecular flexibility index (Phi) is 6.56. The summed E-state index contributed by atoms with van der Waals surface area (Å²) in [7, 11) is 4.86. The Balaban J connectivity index is 1.97. The van der Waals surface area contributed by atoms with Crippen LogP contribution in [0.25, 0.3) is 0 Å². The summed E-state index contributed by atoms with van der Waals surface area (Å²) in [6.07, 6.45) is 6.28. The molecule has 23 heavy (non-hydrogen) atoms. The van der Waals surface area contributed by atoms with Gasteiger partial charge in [-0.3, -0.25) is 4.79 Å². The zero-order valence-electron chi connectivity index (χ0n) is 14.3. The molecule has 0 bridgehead atoms. The van der Waals surface area contributed by atoms with Gasteiger partial charge < -0.3 is 19.5 Å². The number of nitrogens with one attached hydrogen (secondary N) is 1. The van der Waals surface area contributed by atoms with Crippen LogP contribution in [0.1, 0.15) is 37.7 Å². The van der Waals surface area contributed by atoms with Gasteiger partial charge in [-0.2, -0.15) is 0 Å². The van der Waals surface area contributed by atoms with Crippen molar-refractivity contribution in [3.63, 3.8) is 0 Å². The summed E-state index contributed by atoms with van der Waals surface area (Å²) in [5.74, 6) is 2.48. The van der Waals surface area contributed by atoms with Gasteiger partial charge in [-0.25, -0.2) is 0 Å². The summed E-state index contributed by atoms with van der Waals surface area (Å²) >= 11 is 0. The minimum atomic E-state index is 0.177. The summed E-state index contributed by atoms with van der Waals surface area (Å²) in [6.45, 7) is 0.578. The van der Waals surface area contributed by atoms with Crippen LogP contribution in [-0.2, 0) is 11.2 Å². The van der Waals surface area contributed by atoms with Crippen LogP contribution in [0.15, 0.2) is 12.1 Å². The monoisotopic (exact) mass is 321 g/mol. The van der Waals surface area contributed by atoms with E-state index < -0.39 is 0 Å². The van der Waals surface area contributed by atoms with Crippen LogP contribution in [0.3, 0.4) is 0 Å². The second-order valence-electron chi connectivity index (χ2n) is 5.89. The molecule has 0 aliphatic heterocycles. The van der Waals surface area contributed by atoms with Crippen LogP contribution in [0, 0.1) is 5.92 Å². The number of methoxy groups -OCH3 is 3. The van der Waals surface area contributed by atoms with E-state index in [9.17, 15) is 4.79 Å². The number of amides is 1. The molecule has 0 spiro atoms. The number of hydrogen-bond acceptors (Lipinski definition) is 4. The minimum absolute atomic E-state index is 0.177. The number of benzene rings is 1. The fraction of sp³-hybridized carbons (Fsp3) is 0.611. The molecule has 0 radical (unpaired) electrons. The van der Waals surface area contributed by atoms with E-state index in [-0.39, 0.29) is 11.8 Å². The largest absolute Gasteiger partial charge is 0.496 e. The van der Waals surface area contributed by atoms with E-state index >= 15 is 0 Å². The van der Waals surface area contributed by atoms with Crippen LogP contribution in [-0.4, -0.2) is 33.8 Å². The highest BCUT2D eigenvalue weighted by Crippen LogP contribution is 2.34. The van der Waals surface area contributed by atoms with E-state index in [1.54, 1.807) is 21.3 Å². The average molecular weight is 321 g/mol. The second-order valence-corrected chi connectivity index (χ2v) is 5.89. The van der Waals surface area contributed by atoms with E-state index in [2.05, 4.69) is 5.32 Å². The molecule has 5 nitrogen and oxygen atoms in total. The van der Waals surface area contributed by atoms with E-state index in [1.165, 1.54) is 6.42 Å². The molecule has 0 aromatic heterocycles. The lowest BCUT2D eigenvalue weighted by molar-refractivity contribution is -0.125. The van der Waals surface area contributed by atoms with Gasteiger partial charge in [0.2, 0.25) is 5.91 Å². The number of hydrogen-bond donors (Lipinski definition) is 1. The molecule has 1 amide bonds. The molecule has 128 valence electrons. The quantitative estimate of drug-likeness (QED) is 0.839. The summed E-state index contributed by atoms with van der Waals surface area (Å²) < 4.78 is 16.1. The lowest BCUT2D eigenvalue weighted by atomic mass is 9.88. The van der Waals surface area contributed by atoms with Gasteiger partial charge in [-0.1, -0.05) is 19.3 Å². The van der Waals surface area contributed by atoms with Crippen molar-refractivity contribution in [1.29, 1.82) is 0 Å². The molecule has 0 saturated heterocycles. The molecule has 0 atom stereocenters. The number of rotatable bonds is 7. The van der Waals surface area contributed by atoms with Crippen molar-refractivity contribution in [1.82, 2.24) is 5.32 Å². The van der Waals surface area contributed by atoms with Crippen molar-refractivity contribution in [3.8, 4) is 17.2 Å². The van der Waals surface area contributed by atoms with Crippen LogP contribution in [0.5, 0.6) is 17.2 Å². The number of carbonyl (C=O) groups is 1. The third-order valence-electron chi connectivity index (χ3n) is 4.47. The van der Waals surface area contributed by atoms with Crippen LogP contribution >= 0.6 is 0 Å². The van der Waals surface area contributed by atoms with Crippen molar-refractivity contribution in [2.24, 2.45) is 5.92 Å². The predicted octanol–water partition coefficient (Wildman–Crippen LogP) is 2.95. The normalized spacial score (nSPS) is 15.1. The van der Waals surface area contributed by atoms with Gasteiger partial charge >= 0.3 is 0 Å². The number of ether oxygens (including phenoxy) is 3. The Morgan fingerprint density at radius 3 is 2.17 bits per heavy atom. The Morgan fingerprint density at radius 2 is 1.65 bits per heavy atom. The van der Waals surface area contributed by atoms with Crippen molar-refractivity contribution in [2.45, 2.75) is 38.5 Å². The summed E-state index contributed by atoms with van der Waals surface area (Å²) in [4.78, 5) is 12.2. The SMILES string of the molecule is COc1cc(OC)c(CCNC(=O)C2CCCCC2)c(OC)c1. The van der Waals surface area contributed by atoms with E-state index in [1.807, 2.05) is 12.1 Å². The van der Waals surface area contributed by atoms with Crippen molar-refractivity contribution in [3.05, 3.63) is 17.7 Å². The van der Waals surface area contributed by atoms with Crippen molar-refractivity contribution in [2.75, 3.05) is 27.9 Å². The fourth-order valence-corrected chi connectivity index (χ4v) is 3.14. The van der Waals surface area contributed by atoms with Gasteiger partial charge in [0.05, 0.1) is 21.3 Å². The van der Waals surface area contributed by atoms with E-state index in [4.69, 9.17) is 14.2 Å². The standard InChI is InChI=1S/C18H27NO4/c1-21-14-11-16(22-2)15(17(12-14)23-3)9-10-19-18(20)13-7-5-4-6-8-13/h11-13H,4-10H2,1-3H3,(H,19,20). The molecule has 1 aliphatic rings. The summed E-state index contributed by atoms with van der Waals surface area (Å²) in [5, 5.41) is 3.05. The molecule has 2 rings (SSSR count). The molecule has 1 aromatic rings. The Morgan fingerprint density at radius 1 is 1.04 bits per heavy atom. The molecule has 1 N–H and O–H groups in total. The lowest BCUT2D eigenvalue weighted by Crippen LogP contribution is -2.33. The second kappa shape index (κ2) is 8.65. The maximum atomic E-state index is 12.2. The van der Waals surface area contributed by atoms with Gasteiger partial charge in [-0.05, 0) is 19.3 Å². The zero-order valence-corrected chi connectivity index (χ0v) is 14.3. The Hall–Kier alpha value is -1.91. The predicted molar refractivity (Wildman–Crippen MR) is 89.4 cm³/mol. The van der Waals surface area contributed by atoms with Gasteiger partial charge in [0.15, 0.2) is 0 Å². The van der Waals surface area contributed by atoms with Crippen molar-refractivity contribution < 1.29 is 19.0 Å². The number of carbonyl (C=O) groups excluding carboxylic acids is 1. The summed E-state index contributed by atoms with van der Waals surface area (Å²) in [5.41, 5.74) is 0.944. The fourth-order valence-electron chi connectivity index (χ4n) is 3.14. The van der Waals surface area contributed by atoms with E-state index in [0.29, 0.717) is 30.2 Å². The first-order chi connectivity index (χ1) is 11.2. The highest BCUT2D eigenvalue weighted by Gasteiger charge is 2.21. The van der Waals surface area contributed by atoms with Crippen LogP contribution in [0.2, 0.25) is 0 Å². The molecule has 5 heteroatoms. The Bertz CT molecular complexity index is 499. The highest BCUT2D eigenvalue weighted by molar-refractivity contribution is 5.78. The molecular weight excluding hydrogens is 294 g/mol. The van der Waals surface area contributed by atoms with Gasteiger partial charge in [0, 0.05) is 30.2 Å². The maximum absolute atomic E-state index is 12.2. The molecule has 0 unspecified atom stereocenters. The zero-order chi connectivity index (χ0) is 16.7. The average Bonchev–Trinajstić information content (AvgIpc) is 2.62. The first-order valence-electron chi connectivity index (χ1n) is 8.26. The van der Waals surface area contributed by atoms with E-state index in [0.717, 1.165) is 31.2 Å². The first kappa shape index (κ1) is 17.4. The molecule has 1 aliphatic carbocycles. The third kappa shape index (κ3) is 4.53. The highest BCUT2D eigenvalue weighted by atomic mass is 16.5. The topological polar surface area (TPSA) is 56.8 Å². The van der Waals surface area contributed by atoms with Crippen LogP contribution < -0.4 is 19.5 Å². The van der Waals surface area contributed by atoms with Gasteiger partial charge in [0.25, 0.3) is 0 Å². The third-order valence-corrected chi connectivity index (χ3v) is 4.47. The minimum Gasteiger partial charge on any atom is -0.496 e. The molecule has 1 fully saturated rings. The van der Waals surface area contributed by atoms with Crippen LogP contribution in [0.4, 0.5) is 0 Å². The van der Waals surface area contributed by atoms with Gasteiger partial charge in [-0.15, -0.1) is 0 Å². The Labute approximate surface area is 138 Å². The first-order valence-corrected chi connectivity index (χ1v) is 8.26. The van der Waals surface area contributed by atoms with Crippen molar-refractivity contribution >= 4 is 5.91 Å². The molecule has 1 saturated carbocycles. The maximum Gasteiger partial charge on any atom is 0.223 e. The molecule has 1 aromatic carbocycles. The summed E-state index contributed by atoms with van der Waals surface area (Å²) in [6, 6.07) is 3.67. The van der Waals surface area contributed by atoms with Gasteiger partial charge in [0.1, 0.15) is 17.2 Å². The lowest BCUT2D eigenvalue weighted by Gasteiger charge is -2.21. The smallest absolute Gasteiger partial charge is 0.223 e.